The summed E-state index contributed by atoms with van der Waals surface area (Å²) in [4.78, 5) is 0. The zero-order chi connectivity index (χ0) is 34.2. The van der Waals surface area contributed by atoms with Gasteiger partial charge in [0.05, 0.1) is 26.4 Å². The second kappa shape index (κ2) is 19.7. The average Bonchev–Trinajstić information content (AvgIpc) is 3.09. The minimum absolute atomic E-state index is 0.0558. The Hall–Kier alpha value is -2.36. The van der Waals surface area contributed by atoms with Crippen molar-refractivity contribution in [1.82, 2.24) is 0 Å². The van der Waals surface area contributed by atoms with Gasteiger partial charge in [-0.1, -0.05) is 151 Å². The number of benzene rings is 3. The van der Waals surface area contributed by atoms with Gasteiger partial charge in [-0.3, -0.25) is 0 Å². The van der Waals surface area contributed by atoms with Crippen LogP contribution < -0.4 is 0 Å². The van der Waals surface area contributed by atoms with Crippen LogP contribution in [0.5, 0.6) is 0 Å². The lowest BCUT2D eigenvalue weighted by molar-refractivity contribution is -0.326. The predicted octanol–water partition coefficient (Wildman–Crippen LogP) is 9.87. The topological polar surface area (TPSA) is 55.4 Å². The zero-order valence-electron chi connectivity index (χ0n) is 30.3. The summed E-state index contributed by atoms with van der Waals surface area (Å²) in [6.07, 6.45) is 4.65. The molecule has 0 aromatic heterocycles. The molecule has 1 heterocycles. The molecule has 3 aromatic rings. The quantitative estimate of drug-likeness (QED) is 0.0877. The first-order valence-electron chi connectivity index (χ1n) is 18.1. The average molecular weight is 677 g/mol. The first kappa shape index (κ1) is 38.4. The number of hydrogen-bond donors (Lipinski definition) is 0. The van der Waals surface area contributed by atoms with Crippen molar-refractivity contribution in [3.63, 3.8) is 0 Å². The summed E-state index contributed by atoms with van der Waals surface area (Å²) in [7, 11) is -2.09. The van der Waals surface area contributed by atoms with Gasteiger partial charge >= 0.3 is 0 Å². The van der Waals surface area contributed by atoms with E-state index in [4.69, 9.17) is 28.1 Å². The van der Waals surface area contributed by atoms with E-state index in [1.165, 1.54) is 25.7 Å². The van der Waals surface area contributed by atoms with Crippen LogP contribution >= 0.6 is 0 Å². The Morgan fingerprint density at radius 2 is 1.04 bits per heavy atom. The molecule has 0 N–H and O–H groups in total. The molecule has 1 fully saturated rings. The fourth-order valence-electron chi connectivity index (χ4n) is 5.60. The van der Waals surface area contributed by atoms with Crippen molar-refractivity contribution in [3.05, 3.63) is 108 Å². The molecule has 0 radical (unpaired) electrons. The van der Waals surface area contributed by atoms with E-state index in [-0.39, 0.29) is 5.04 Å². The van der Waals surface area contributed by atoms with Crippen molar-refractivity contribution in [1.29, 1.82) is 0 Å². The van der Waals surface area contributed by atoms with Gasteiger partial charge in [-0.15, -0.1) is 0 Å². The first-order valence-corrected chi connectivity index (χ1v) is 21.0. The molecular formula is C41H60O6Si. The van der Waals surface area contributed by atoms with Crippen molar-refractivity contribution < 1.29 is 28.1 Å². The molecule has 6 nitrogen and oxygen atoms in total. The molecule has 7 heteroatoms. The minimum Gasteiger partial charge on any atom is -0.414 e. The monoisotopic (exact) mass is 676 g/mol. The van der Waals surface area contributed by atoms with E-state index in [2.05, 4.69) is 77.2 Å². The molecular weight excluding hydrogens is 617 g/mol. The maximum absolute atomic E-state index is 6.87. The third-order valence-electron chi connectivity index (χ3n) is 9.64. The Bertz CT molecular complexity index is 1270. The van der Waals surface area contributed by atoms with E-state index in [1.807, 2.05) is 54.6 Å². The molecule has 0 bridgehead atoms. The SMILES string of the molecule is CCCCCCCCO[C@H]1O[C@H](CO[Si](C)(C)C(C)(C)C)[C@@H](OCc2ccccc2)[C@H](OCc2ccccc2)[C@@H]1OCc1ccccc1. The highest BCUT2D eigenvalue weighted by Crippen LogP contribution is 2.38. The maximum atomic E-state index is 6.87. The molecule has 1 aliphatic heterocycles. The number of hydrogen-bond acceptors (Lipinski definition) is 6. The van der Waals surface area contributed by atoms with E-state index in [9.17, 15) is 0 Å². The molecule has 0 unspecified atom stereocenters. The highest BCUT2D eigenvalue weighted by atomic mass is 28.4. The highest BCUT2D eigenvalue weighted by Gasteiger charge is 2.50. The molecule has 264 valence electrons. The van der Waals surface area contributed by atoms with Gasteiger partial charge in [0.25, 0.3) is 0 Å². The Balaban J connectivity index is 1.63. The maximum Gasteiger partial charge on any atom is 0.192 e. The number of ether oxygens (including phenoxy) is 5. The van der Waals surface area contributed by atoms with E-state index in [0.717, 1.165) is 29.5 Å². The van der Waals surface area contributed by atoms with Crippen molar-refractivity contribution in [3.8, 4) is 0 Å². The van der Waals surface area contributed by atoms with Crippen molar-refractivity contribution >= 4 is 8.32 Å². The molecule has 3 aromatic carbocycles. The van der Waals surface area contributed by atoms with Crippen molar-refractivity contribution in [2.45, 2.75) is 135 Å². The van der Waals surface area contributed by atoms with Gasteiger partial charge in [0.1, 0.15) is 24.4 Å². The van der Waals surface area contributed by atoms with Gasteiger partial charge in [0.2, 0.25) is 0 Å². The second-order valence-corrected chi connectivity index (χ2v) is 19.3. The lowest BCUT2D eigenvalue weighted by atomic mass is 9.97. The summed E-state index contributed by atoms with van der Waals surface area (Å²) in [5.41, 5.74) is 3.26. The fraction of sp³-hybridized carbons (Fsp3) is 0.561. The van der Waals surface area contributed by atoms with Crippen LogP contribution in [-0.2, 0) is 47.9 Å². The van der Waals surface area contributed by atoms with Crippen molar-refractivity contribution in [2.24, 2.45) is 0 Å². The fourth-order valence-corrected chi connectivity index (χ4v) is 6.62. The number of unbranched alkanes of at least 4 members (excludes halogenated alkanes) is 5. The summed E-state index contributed by atoms with van der Waals surface area (Å²) in [5.74, 6) is 0. The first-order chi connectivity index (χ1) is 23.2. The molecule has 0 spiro atoms. The summed E-state index contributed by atoms with van der Waals surface area (Å²) >= 11 is 0. The van der Waals surface area contributed by atoms with Gasteiger partial charge in [0.15, 0.2) is 14.6 Å². The van der Waals surface area contributed by atoms with E-state index in [1.54, 1.807) is 0 Å². The van der Waals surface area contributed by atoms with Crippen LogP contribution in [0, 0.1) is 0 Å². The Morgan fingerprint density at radius 3 is 1.54 bits per heavy atom. The van der Waals surface area contributed by atoms with Crippen molar-refractivity contribution in [2.75, 3.05) is 13.2 Å². The second-order valence-electron chi connectivity index (χ2n) is 14.5. The third kappa shape index (κ3) is 12.2. The Kier molecular flexibility index (Phi) is 15.8. The van der Waals surface area contributed by atoms with Gasteiger partial charge in [-0.25, -0.2) is 0 Å². The molecule has 0 aliphatic carbocycles. The Morgan fingerprint density at radius 1 is 0.583 bits per heavy atom. The van der Waals surface area contributed by atoms with E-state index in [0.29, 0.717) is 33.0 Å². The normalized spacial score (nSPS) is 21.8. The summed E-state index contributed by atoms with van der Waals surface area (Å²) in [6, 6.07) is 30.8. The highest BCUT2D eigenvalue weighted by molar-refractivity contribution is 6.74. The van der Waals surface area contributed by atoms with Crippen LogP contribution in [0.1, 0.15) is 82.9 Å². The van der Waals surface area contributed by atoms with Crippen LogP contribution in [-0.4, -0.2) is 52.2 Å². The number of rotatable bonds is 20. The lowest BCUT2D eigenvalue weighted by Crippen LogP contribution is -2.62. The van der Waals surface area contributed by atoms with E-state index >= 15 is 0 Å². The molecule has 1 aliphatic rings. The molecule has 1 saturated heterocycles. The lowest BCUT2D eigenvalue weighted by Gasteiger charge is -2.47. The molecule has 0 saturated carbocycles. The zero-order valence-corrected chi connectivity index (χ0v) is 31.3. The van der Waals surface area contributed by atoms with Gasteiger partial charge in [-0.2, -0.15) is 0 Å². The molecule has 48 heavy (non-hydrogen) atoms. The van der Waals surface area contributed by atoms with Crippen LogP contribution in [0.15, 0.2) is 91.0 Å². The van der Waals surface area contributed by atoms with E-state index < -0.39 is 39.0 Å². The largest absolute Gasteiger partial charge is 0.414 e. The third-order valence-corrected chi connectivity index (χ3v) is 14.1. The minimum atomic E-state index is -2.09. The van der Waals surface area contributed by atoms with Gasteiger partial charge in [-0.05, 0) is 41.2 Å². The Labute approximate surface area is 291 Å². The molecule has 4 rings (SSSR count). The smallest absolute Gasteiger partial charge is 0.192 e. The van der Waals surface area contributed by atoms with Gasteiger partial charge < -0.3 is 28.1 Å². The van der Waals surface area contributed by atoms with Gasteiger partial charge in [0, 0.05) is 6.61 Å². The summed E-state index contributed by atoms with van der Waals surface area (Å²) in [6.45, 7) is 15.8. The van der Waals surface area contributed by atoms with Crippen LogP contribution in [0.4, 0.5) is 0 Å². The summed E-state index contributed by atoms with van der Waals surface area (Å²) in [5, 5.41) is 0.0558. The van der Waals surface area contributed by atoms with Crippen LogP contribution in [0.3, 0.4) is 0 Å². The standard InChI is InChI=1S/C41H60O6Si/c1-7-8-9-10-11-21-28-42-40-39(45-31-35-26-19-14-20-27-35)38(44-30-34-24-17-13-18-25-34)37(43-29-33-22-15-12-16-23-33)36(47-40)32-46-48(5,6)41(2,3)4/h12-20,22-27,36-40H,7-11,21,28-32H2,1-6H3/t36-,37-,38+,39+,40+/m1/s1. The molecule has 0 amide bonds. The molecule has 5 atom stereocenters. The van der Waals surface area contributed by atoms with Crippen LogP contribution in [0.25, 0.3) is 0 Å². The predicted molar refractivity (Wildman–Crippen MR) is 196 cm³/mol. The van der Waals surface area contributed by atoms with Crippen LogP contribution in [0.2, 0.25) is 18.1 Å². The summed E-state index contributed by atoms with van der Waals surface area (Å²) < 4.78 is 40.6.